The van der Waals surface area contributed by atoms with Gasteiger partial charge in [-0.2, -0.15) is 13.2 Å². The lowest BCUT2D eigenvalue weighted by atomic mass is 10.1. The molecule has 1 aliphatic rings. The minimum Gasteiger partial charge on any atom is -0.364 e. The second-order valence-corrected chi connectivity index (χ2v) is 5.25. The molecule has 0 aliphatic carbocycles. The van der Waals surface area contributed by atoms with E-state index in [9.17, 15) is 22.8 Å². The van der Waals surface area contributed by atoms with Crippen LogP contribution < -0.4 is 10.2 Å². The number of rotatable bonds is 3. The zero-order valence-electron chi connectivity index (χ0n) is 12.2. The highest BCUT2D eigenvalue weighted by Gasteiger charge is 2.40. The van der Waals surface area contributed by atoms with Crippen molar-refractivity contribution in [3.05, 3.63) is 47.9 Å². The second kappa shape index (κ2) is 5.99. The van der Waals surface area contributed by atoms with E-state index in [-0.39, 0.29) is 12.2 Å². The van der Waals surface area contributed by atoms with Gasteiger partial charge < -0.3 is 14.7 Å². The summed E-state index contributed by atoms with van der Waals surface area (Å²) >= 11 is 0. The highest BCUT2D eigenvalue weighted by Crippen LogP contribution is 2.33. The Morgan fingerprint density at radius 2 is 2.04 bits per heavy atom. The van der Waals surface area contributed by atoms with Gasteiger partial charge in [-0.15, -0.1) is 0 Å². The molecule has 2 heterocycles. The molecule has 1 aromatic heterocycles. The highest BCUT2D eigenvalue weighted by molar-refractivity contribution is 6.06. The van der Waals surface area contributed by atoms with Crippen LogP contribution in [0, 0.1) is 0 Å². The summed E-state index contributed by atoms with van der Waals surface area (Å²) in [7, 11) is 0. The number of benzene rings is 1. The van der Waals surface area contributed by atoms with Crippen molar-refractivity contribution in [1.29, 1.82) is 0 Å². The van der Waals surface area contributed by atoms with Gasteiger partial charge in [-0.3, -0.25) is 9.59 Å². The fourth-order valence-corrected chi connectivity index (χ4v) is 2.66. The Labute approximate surface area is 134 Å². The van der Waals surface area contributed by atoms with Crippen molar-refractivity contribution >= 4 is 17.5 Å². The lowest BCUT2D eigenvalue weighted by Gasteiger charge is -2.25. The van der Waals surface area contributed by atoms with Gasteiger partial charge in [0.2, 0.25) is 0 Å². The maximum absolute atomic E-state index is 12.6. The predicted molar refractivity (Wildman–Crippen MR) is 76.3 cm³/mol. The minimum atomic E-state index is -4.97. The van der Waals surface area contributed by atoms with Gasteiger partial charge >= 0.3 is 12.1 Å². The Kier molecular flexibility index (Phi) is 4.00. The molecule has 0 saturated carbocycles. The third kappa shape index (κ3) is 2.97. The summed E-state index contributed by atoms with van der Waals surface area (Å²) in [4.78, 5) is 25.0. The molecule has 0 bridgehead atoms. The van der Waals surface area contributed by atoms with E-state index in [1.54, 1.807) is 24.3 Å². The van der Waals surface area contributed by atoms with Crippen LogP contribution in [0.25, 0.3) is 0 Å². The molecule has 24 heavy (non-hydrogen) atoms. The van der Waals surface area contributed by atoms with Crippen LogP contribution in [0.3, 0.4) is 0 Å². The monoisotopic (exact) mass is 339 g/mol. The van der Waals surface area contributed by atoms with Crippen molar-refractivity contribution in [3.8, 4) is 0 Å². The molecule has 0 saturated heterocycles. The molecule has 1 N–H and O–H groups in total. The molecule has 6 nitrogen and oxygen atoms in total. The maximum atomic E-state index is 12.6. The first-order valence-corrected chi connectivity index (χ1v) is 7.05. The largest absolute Gasteiger partial charge is 0.471 e. The summed E-state index contributed by atoms with van der Waals surface area (Å²) in [5.74, 6) is -2.53. The van der Waals surface area contributed by atoms with Crippen molar-refractivity contribution in [2.24, 2.45) is 0 Å². The molecule has 0 unspecified atom stereocenters. The summed E-state index contributed by atoms with van der Waals surface area (Å²) in [6.07, 6.45) is -3.40. The number of hydrogen-bond acceptors (Lipinski definition) is 4. The minimum absolute atomic E-state index is 0.0406. The number of nitrogens with zero attached hydrogens (tertiary/aromatic N) is 2. The summed E-state index contributed by atoms with van der Waals surface area (Å²) in [6, 6.07) is 7.70. The molecule has 0 spiro atoms. The number of carbonyl (C=O) groups excluding carboxylic acids is 2. The molecule has 126 valence electrons. The number of fused-ring (bicyclic) bond motifs is 1. The lowest BCUT2D eigenvalue weighted by Crippen LogP contribution is -2.48. The average Bonchev–Trinajstić information content (AvgIpc) is 3.18. The Balaban J connectivity index is 1.83. The third-order valence-electron chi connectivity index (χ3n) is 3.70. The molecular weight excluding hydrogens is 327 g/mol. The Bertz CT molecular complexity index is 759. The quantitative estimate of drug-likeness (QED) is 0.927. The Hall–Kier alpha value is -2.84. The fraction of sp³-hybridized carbons (Fsp3) is 0.267. The van der Waals surface area contributed by atoms with Crippen LogP contribution in [-0.4, -0.2) is 35.7 Å². The molecule has 1 atom stereocenters. The van der Waals surface area contributed by atoms with E-state index in [1.807, 2.05) is 5.32 Å². The van der Waals surface area contributed by atoms with E-state index < -0.39 is 24.0 Å². The van der Waals surface area contributed by atoms with Crippen LogP contribution in [0.5, 0.6) is 0 Å². The van der Waals surface area contributed by atoms with Gasteiger partial charge in [0.05, 0.1) is 6.04 Å². The van der Waals surface area contributed by atoms with E-state index >= 15 is 0 Å². The molecule has 9 heteroatoms. The van der Waals surface area contributed by atoms with Crippen LogP contribution in [-0.2, 0) is 11.2 Å². The number of anilines is 1. The van der Waals surface area contributed by atoms with Crippen molar-refractivity contribution < 1.29 is 27.3 Å². The Morgan fingerprint density at radius 1 is 1.29 bits per heavy atom. The van der Waals surface area contributed by atoms with E-state index in [0.717, 1.165) is 5.56 Å². The van der Waals surface area contributed by atoms with Crippen molar-refractivity contribution in [1.82, 2.24) is 10.5 Å². The molecule has 0 fully saturated rings. The van der Waals surface area contributed by atoms with Gasteiger partial charge in [0.15, 0.2) is 5.69 Å². The third-order valence-corrected chi connectivity index (χ3v) is 3.70. The molecular formula is C15H12F3N3O3. The molecule has 2 aromatic rings. The molecule has 2 amide bonds. The van der Waals surface area contributed by atoms with Gasteiger partial charge in [0.1, 0.15) is 6.26 Å². The molecule has 0 radical (unpaired) electrons. The number of para-hydroxylation sites is 1. The molecule has 1 aromatic carbocycles. The SMILES string of the molecule is O=C(c1ccon1)N1c2ccccc2C[C@H]1CNC(=O)C(F)(F)F. The summed E-state index contributed by atoms with van der Waals surface area (Å²) in [6.45, 7) is -0.323. The number of aromatic nitrogens is 1. The van der Waals surface area contributed by atoms with E-state index in [0.29, 0.717) is 12.1 Å². The molecule has 3 rings (SSSR count). The van der Waals surface area contributed by atoms with Crippen molar-refractivity contribution in [3.63, 3.8) is 0 Å². The Morgan fingerprint density at radius 3 is 2.71 bits per heavy atom. The van der Waals surface area contributed by atoms with Gasteiger partial charge in [-0.25, -0.2) is 0 Å². The number of alkyl halides is 3. The zero-order chi connectivity index (χ0) is 17.3. The fourth-order valence-electron chi connectivity index (χ4n) is 2.66. The van der Waals surface area contributed by atoms with Crippen LogP contribution in [0.4, 0.5) is 18.9 Å². The van der Waals surface area contributed by atoms with E-state index in [4.69, 9.17) is 0 Å². The second-order valence-electron chi connectivity index (χ2n) is 5.25. The number of amides is 2. The maximum Gasteiger partial charge on any atom is 0.471 e. The number of nitrogens with one attached hydrogen (secondary N) is 1. The standard InChI is InChI=1S/C15H12F3N3O3/c16-15(17,18)14(23)19-8-10-7-9-3-1-2-4-12(9)21(10)13(22)11-5-6-24-20-11/h1-6,10H,7-8H2,(H,19,23)/t10-/m0/s1. The van der Waals surface area contributed by atoms with Crippen LogP contribution in [0.2, 0.25) is 0 Å². The van der Waals surface area contributed by atoms with Gasteiger partial charge in [0, 0.05) is 18.3 Å². The summed E-state index contributed by atoms with van der Waals surface area (Å²) in [5.41, 5.74) is 1.43. The van der Waals surface area contributed by atoms with Gasteiger partial charge in [-0.1, -0.05) is 23.4 Å². The van der Waals surface area contributed by atoms with Gasteiger partial charge in [0.25, 0.3) is 5.91 Å². The number of halogens is 3. The zero-order valence-corrected chi connectivity index (χ0v) is 12.2. The van der Waals surface area contributed by atoms with Crippen LogP contribution >= 0.6 is 0 Å². The average molecular weight is 339 g/mol. The first kappa shape index (κ1) is 16.0. The summed E-state index contributed by atoms with van der Waals surface area (Å²) in [5, 5.41) is 5.40. The van der Waals surface area contributed by atoms with Crippen LogP contribution in [0.15, 0.2) is 41.1 Å². The first-order valence-electron chi connectivity index (χ1n) is 7.05. The molecule has 1 aliphatic heterocycles. The van der Waals surface area contributed by atoms with Crippen molar-refractivity contribution in [2.75, 3.05) is 11.4 Å². The number of hydrogen-bond donors (Lipinski definition) is 1. The normalized spacial score (nSPS) is 16.8. The van der Waals surface area contributed by atoms with Crippen LogP contribution in [0.1, 0.15) is 16.1 Å². The van der Waals surface area contributed by atoms with E-state index in [2.05, 4.69) is 9.68 Å². The topological polar surface area (TPSA) is 75.4 Å². The smallest absolute Gasteiger partial charge is 0.364 e. The summed E-state index contributed by atoms with van der Waals surface area (Å²) < 4.78 is 41.7. The lowest BCUT2D eigenvalue weighted by molar-refractivity contribution is -0.173. The first-order chi connectivity index (χ1) is 11.4. The van der Waals surface area contributed by atoms with E-state index in [1.165, 1.54) is 17.2 Å². The van der Waals surface area contributed by atoms with Crippen molar-refractivity contribution in [2.45, 2.75) is 18.6 Å². The number of carbonyl (C=O) groups is 2. The predicted octanol–water partition coefficient (Wildman–Crippen LogP) is 1.92. The highest BCUT2D eigenvalue weighted by atomic mass is 19.4. The van der Waals surface area contributed by atoms with Gasteiger partial charge in [-0.05, 0) is 18.1 Å².